The second kappa shape index (κ2) is 19.1. The Hall–Kier alpha value is -3.42. The molecule has 1 aromatic rings. The van der Waals surface area contributed by atoms with Gasteiger partial charge < -0.3 is 42.0 Å². The van der Waals surface area contributed by atoms with Crippen LogP contribution in [0.2, 0.25) is 5.02 Å². The largest absolute Gasteiger partial charge is 0.436 e. The molecule has 13 nitrogen and oxygen atoms in total. The van der Waals surface area contributed by atoms with Crippen molar-refractivity contribution in [3.8, 4) is 0 Å². The summed E-state index contributed by atoms with van der Waals surface area (Å²) in [5, 5.41) is 32.3. The van der Waals surface area contributed by atoms with Crippen LogP contribution in [0.5, 0.6) is 0 Å². The van der Waals surface area contributed by atoms with Gasteiger partial charge in [-0.15, -0.1) is 0 Å². The van der Waals surface area contributed by atoms with Crippen LogP contribution in [0.25, 0.3) is 0 Å². The highest BCUT2D eigenvalue weighted by Gasteiger charge is 2.36. The number of amides is 5. The first kappa shape index (κ1) is 38.6. The summed E-state index contributed by atoms with van der Waals surface area (Å²) in [6.07, 6.45) is -4.12. The van der Waals surface area contributed by atoms with E-state index in [-0.39, 0.29) is 18.8 Å². The predicted octanol–water partition coefficient (Wildman–Crippen LogP) is 1.16. The fraction of sp³-hybridized carbons (Fsp3) is 0.633. The van der Waals surface area contributed by atoms with E-state index in [0.29, 0.717) is 17.1 Å². The van der Waals surface area contributed by atoms with Gasteiger partial charge in [0.1, 0.15) is 18.2 Å². The smallest absolute Gasteiger partial charge is 0.407 e. The van der Waals surface area contributed by atoms with Crippen molar-refractivity contribution in [3.05, 3.63) is 34.9 Å². The highest BCUT2D eigenvalue weighted by molar-refractivity contribution is 6.30. The predicted molar refractivity (Wildman–Crippen MR) is 165 cm³/mol. The van der Waals surface area contributed by atoms with Gasteiger partial charge in [0.15, 0.2) is 12.2 Å². The van der Waals surface area contributed by atoms with Gasteiger partial charge in [-0.3, -0.25) is 19.2 Å². The summed E-state index contributed by atoms with van der Waals surface area (Å²) in [5.41, 5.74) is 5.99. The van der Waals surface area contributed by atoms with Crippen LogP contribution in [0.4, 0.5) is 4.79 Å². The normalized spacial score (nSPS) is 15.3. The monoisotopic (exact) mass is 641 g/mol. The van der Waals surface area contributed by atoms with E-state index in [4.69, 9.17) is 22.1 Å². The molecule has 14 heteroatoms. The molecule has 0 aromatic heterocycles. The Balaban J connectivity index is 3.08. The molecule has 0 saturated carbocycles. The van der Waals surface area contributed by atoms with Gasteiger partial charge in [0.2, 0.25) is 11.8 Å². The average Bonchev–Trinajstić information content (AvgIpc) is 2.94. The molecule has 0 heterocycles. The molecule has 0 spiro atoms. The van der Waals surface area contributed by atoms with Crippen LogP contribution in [0, 0.1) is 11.8 Å². The van der Waals surface area contributed by atoms with Crippen molar-refractivity contribution in [1.82, 2.24) is 21.3 Å². The molecule has 248 valence electrons. The van der Waals surface area contributed by atoms with Crippen LogP contribution >= 0.6 is 11.6 Å². The minimum absolute atomic E-state index is 0.0343. The van der Waals surface area contributed by atoms with E-state index in [0.717, 1.165) is 12.8 Å². The molecule has 5 amide bonds. The number of carbonyl (C=O) groups is 5. The number of nitrogens with two attached hydrogens (primary N) is 1. The van der Waals surface area contributed by atoms with Crippen molar-refractivity contribution < 1.29 is 38.9 Å². The van der Waals surface area contributed by atoms with Gasteiger partial charge in [0.25, 0.3) is 11.8 Å². The Morgan fingerprint density at radius 1 is 0.909 bits per heavy atom. The molecule has 0 fully saturated rings. The molecular formula is C30H48ClN5O8. The number of benzene rings is 1. The summed E-state index contributed by atoms with van der Waals surface area (Å²) >= 11 is 5.98. The number of aliphatic hydroxyl groups excluding tert-OH is 2. The van der Waals surface area contributed by atoms with E-state index in [1.54, 1.807) is 38.1 Å². The molecule has 0 aliphatic rings. The van der Waals surface area contributed by atoms with Gasteiger partial charge in [-0.25, -0.2) is 4.79 Å². The van der Waals surface area contributed by atoms with Crippen molar-refractivity contribution >= 4 is 41.3 Å². The number of halogens is 1. The Bertz CT molecular complexity index is 1100. The molecule has 0 radical (unpaired) electrons. The van der Waals surface area contributed by atoms with Crippen molar-refractivity contribution in [3.63, 3.8) is 0 Å². The van der Waals surface area contributed by atoms with Gasteiger partial charge in [-0.05, 0) is 55.7 Å². The van der Waals surface area contributed by atoms with Crippen LogP contribution in [0.15, 0.2) is 24.3 Å². The number of unbranched alkanes of at least 4 members (excludes halogenated alkanes) is 1. The molecule has 8 N–H and O–H groups in total. The SMILES string of the molecule is CCCCNC(=O)OC(C(=O)NC(Cc1ccc(Cl)cc1)C(O)C(O)C(=O)NC(C)C(=O)NC(CC(C)C)C(N)=O)C(C)C. The molecule has 0 aliphatic carbocycles. The van der Waals surface area contributed by atoms with Crippen LogP contribution < -0.4 is 27.0 Å². The summed E-state index contributed by atoms with van der Waals surface area (Å²) in [6.45, 7) is 10.7. The third-order valence-corrected chi connectivity index (χ3v) is 6.97. The Morgan fingerprint density at radius 3 is 2.05 bits per heavy atom. The van der Waals surface area contributed by atoms with Crippen LogP contribution in [-0.4, -0.2) is 82.9 Å². The molecule has 0 aliphatic heterocycles. The minimum atomic E-state index is -2.08. The maximum absolute atomic E-state index is 13.3. The molecular weight excluding hydrogens is 594 g/mol. The Labute approximate surface area is 264 Å². The number of alkyl carbamates (subject to hydrolysis) is 1. The topological polar surface area (TPSA) is 209 Å². The lowest BCUT2D eigenvalue weighted by Crippen LogP contribution is -2.58. The standard InChI is InChI=1S/C30H48ClN5O8/c1-7-8-13-33-30(43)44-25(17(4)5)29(42)35-21(15-19-9-11-20(31)12-10-19)23(37)24(38)28(41)34-18(6)27(40)36-22(26(32)39)14-16(2)3/h9-12,16-18,21-25,37-38H,7-8,13-15H2,1-6H3,(H2,32,39)(H,33,43)(H,34,41)(H,35,42)(H,36,40). The average molecular weight is 642 g/mol. The van der Waals surface area contributed by atoms with E-state index in [1.165, 1.54) is 6.92 Å². The first-order chi connectivity index (χ1) is 20.6. The Kier molecular flexibility index (Phi) is 16.7. The van der Waals surface area contributed by atoms with Crippen LogP contribution in [-0.2, 0) is 30.3 Å². The molecule has 0 bridgehead atoms. The molecule has 1 rings (SSSR count). The van der Waals surface area contributed by atoms with Crippen LogP contribution in [0.1, 0.15) is 66.4 Å². The summed E-state index contributed by atoms with van der Waals surface area (Å²) < 4.78 is 5.35. The number of aliphatic hydroxyl groups is 2. The summed E-state index contributed by atoms with van der Waals surface area (Å²) in [5.74, 6) is -3.69. The van der Waals surface area contributed by atoms with Crippen LogP contribution in [0.3, 0.4) is 0 Å². The van der Waals surface area contributed by atoms with E-state index in [2.05, 4.69) is 21.3 Å². The Morgan fingerprint density at radius 2 is 1.52 bits per heavy atom. The zero-order chi connectivity index (χ0) is 33.6. The third-order valence-electron chi connectivity index (χ3n) is 6.72. The van der Waals surface area contributed by atoms with Crippen molar-refractivity contribution in [2.24, 2.45) is 17.6 Å². The van der Waals surface area contributed by atoms with Crippen molar-refractivity contribution in [2.45, 2.75) is 104 Å². The van der Waals surface area contributed by atoms with E-state index in [1.807, 2.05) is 20.8 Å². The fourth-order valence-corrected chi connectivity index (χ4v) is 4.29. The first-order valence-electron chi connectivity index (χ1n) is 14.8. The summed E-state index contributed by atoms with van der Waals surface area (Å²) in [4.78, 5) is 62.8. The number of rotatable bonds is 18. The molecule has 1 aromatic carbocycles. The highest BCUT2D eigenvalue weighted by Crippen LogP contribution is 2.16. The fourth-order valence-electron chi connectivity index (χ4n) is 4.17. The summed E-state index contributed by atoms with van der Waals surface area (Å²) in [6, 6.07) is 3.12. The maximum Gasteiger partial charge on any atom is 0.407 e. The zero-order valence-corrected chi connectivity index (χ0v) is 27.0. The molecule has 6 unspecified atom stereocenters. The first-order valence-corrected chi connectivity index (χ1v) is 15.2. The quantitative estimate of drug-likeness (QED) is 0.115. The van der Waals surface area contributed by atoms with E-state index in [9.17, 15) is 34.2 Å². The molecule has 0 saturated heterocycles. The molecule has 44 heavy (non-hydrogen) atoms. The highest BCUT2D eigenvalue weighted by atomic mass is 35.5. The number of primary amides is 1. The van der Waals surface area contributed by atoms with Gasteiger partial charge in [-0.1, -0.05) is 64.8 Å². The van der Waals surface area contributed by atoms with E-state index < -0.39 is 72.1 Å². The zero-order valence-electron chi connectivity index (χ0n) is 26.3. The number of carbonyl (C=O) groups excluding carboxylic acids is 5. The second-order valence-electron chi connectivity index (χ2n) is 11.6. The van der Waals surface area contributed by atoms with Crippen molar-refractivity contribution in [2.75, 3.05) is 6.54 Å². The van der Waals surface area contributed by atoms with E-state index >= 15 is 0 Å². The number of hydrogen-bond acceptors (Lipinski definition) is 8. The number of ether oxygens (including phenoxy) is 1. The van der Waals surface area contributed by atoms with Gasteiger partial charge in [-0.2, -0.15) is 0 Å². The van der Waals surface area contributed by atoms with Gasteiger partial charge in [0, 0.05) is 11.6 Å². The third kappa shape index (κ3) is 13.5. The van der Waals surface area contributed by atoms with Crippen molar-refractivity contribution in [1.29, 1.82) is 0 Å². The second-order valence-corrected chi connectivity index (χ2v) is 12.0. The van der Waals surface area contributed by atoms with Gasteiger partial charge >= 0.3 is 6.09 Å². The lowest BCUT2D eigenvalue weighted by atomic mass is 9.96. The number of nitrogens with one attached hydrogen (secondary N) is 4. The minimum Gasteiger partial charge on any atom is -0.436 e. The lowest BCUT2D eigenvalue weighted by Gasteiger charge is -2.30. The van der Waals surface area contributed by atoms with Gasteiger partial charge in [0.05, 0.1) is 6.04 Å². The maximum atomic E-state index is 13.3. The number of hydrogen-bond donors (Lipinski definition) is 7. The summed E-state index contributed by atoms with van der Waals surface area (Å²) in [7, 11) is 0. The lowest BCUT2D eigenvalue weighted by molar-refractivity contribution is -0.142. The molecule has 6 atom stereocenters.